The fraction of sp³-hybridized carbons (Fsp3) is 0.407. The molecule has 2 aromatic rings. The van der Waals surface area contributed by atoms with Crippen molar-refractivity contribution in [1.82, 2.24) is 10.2 Å². The molecule has 0 bridgehead atoms. The summed E-state index contributed by atoms with van der Waals surface area (Å²) in [6, 6.07) is 12.5. The number of nitrogens with zero attached hydrogens (tertiary/aromatic N) is 1. The Labute approximate surface area is 200 Å². The smallest absolute Gasteiger partial charge is 0.164 e. The third-order valence-corrected chi connectivity index (χ3v) is 7.60. The van der Waals surface area contributed by atoms with E-state index in [9.17, 15) is 4.39 Å². The first kappa shape index (κ1) is 22.3. The van der Waals surface area contributed by atoms with Crippen molar-refractivity contribution >= 4 is 28.6 Å². The average molecular weight is 467 g/mol. The molecule has 2 heterocycles. The van der Waals surface area contributed by atoms with Crippen molar-refractivity contribution in [3.63, 3.8) is 0 Å². The summed E-state index contributed by atoms with van der Waals surface area (Å²) in [5.41, 5.74) is 13.2. The van der Waals surface area contributed by atoms with Crippen molar-refractivity contribution in [3.05, 3.63) is 75.7 Å². The number of halogens is 2. The molecule has 1 aliphatic carbocycles. The SMILES string of the molecule is C/C(N)=C1/NCCC(Nc2cccc(Cl)c2F)c2cc(C3=CCN(C4CCC4)CC3)ccc21. The molecule has 1 saturated carbocycles. The minimum absolute atomic E-state index is 0.0621. The molecule has 2 aliphatic heterocycles. The molecule has 0 amide bonds. The number of nitrogens with two attached hydrogens (primary N) is 1. The van der Waals surface area contributed by atoms with Crippen LogP contribution in [0.3, 0.4) is 0 Å². The van der Waals surface area contributed by atoms with E-state index in [1.807, 2.05) is 6.92 Å². The minimum Gasteiger partial charge on any atom is -0.401 e. The van der Waals surface area contributed by atoms with Crippen LogP contribution in [-0.2, 0) is 0 Å². The molecule has 4 nitrogen and oxygen atoms in total. The molecule has 3 aliphatic rings. The second-order valence-electron chi connectivity index (χ2n) is 9.43. The van der Waals surface area contributed by atoms with Gasteiger partial charge in [-0.25, -0.2) is 4.39 Å². The monoisotopic (exact) mass is 466 g/mol. The summed E-state index contributed by atoms with van der Waals surface area (Å²) in [6.45, 7) is 4.81. The zero-order valence-electron chi connectivity index (χ0n) is 19.1. The quantitative estimate of drug-likeness (QED) is 0.524. The van der Waals surface area contributed by atoms with Gasteiger partial charge < -0.3 is 16.4 Å². The lowest BCUT2D eigenvalue weighted by Gasteiger charge is -2.39. The molecule has 0 aromatic heterocycles. The van der Waals surface area contributed by atoms with Gasteiger partial charge >= 0.3 is 0 Å². The summed E-state index contributed by atoms with van der Waals surface area (Å²) in [7, 11) is 0. The summed E-state index contributed by atoms with van der Waals surface area (Å²) in [5.74, 6) is -0.411. The Morgan fingerprint density at radius 1 is 1.21 bits per heavy atom. The minimum atomic E-state index is -0.411. The highest BCUT2D eigenvalue weighted by atomic mass is 35.5. The van der Waals surface area contributed by atoms with Crippen LogP contribution in [-0.4, -0.2) is 30.6 Å². The average Bonchev–Trinajstić information content (AvgIpc) is 2.95. The summed E-state index contributed by atoms with van der Waals surface area (Å²) in [5, 5.41) is 7.03. The van der Waals surface area contributed by atoms with Crippen LogP contribution in [0.4, 0.5) is 10.1 Å². The summed E-state index contributed by atoms with van der Waals surface area (Å²) >= 11 is 6.04. The molecule has 174 valence electrons. The van der Waals surface area contributed by atoms with Gasteiger partial charge in [-0.3, -0.25) is 4.90 Å². The van der Waals surface area contributed by atoms with Crippen molar-refractivity contribution in [2.75, 3.05) is 25.0 Å². The highest BCUT2D eigenvalue weighted by Crippen LogP contribution is 2.37. The Morgan fingerprint density at radius 2 is 2.06 bits per heavy atom. The fourth-order valence-corrected chi connectivity index (χ4v) is 5.38. The van der Waals surface area contributed by atoms with Crippen molar-refractivity contribution in [3.8, 4) is 0 Å². The van der Waals surface area contributed by atoms with Crippen LogP contribution in [0.25, 0.3) is 11.3 Å². The predicted molar refractivity (Wildman–Crippen MR) is 135 cm³/mol. The third kappa shape index (κ3) is 4.49. The number of hydrogen-bond donors (Lipinski definition) is 3. The molecule has 0 spiro atoms. The number of allylic oxidation sites excluding steroid dienone is 1. The number of anilines is 1. The van der Waals surface area contributed by atoms with Crippen molar-refractivity contribution in [1.29, 1.82) is 0 Å². The lowest BCUT2D eigenvalue weighted by atomic mass is 9.88. The van der Waals surface area contributed by atoms with Gasteiger partial charge in [0.1, 0.15) is 0 Å². The molecule has 6 heteroatoms. The summed E-state index contributed by atoms with van der Waals surface area (Å²) < 4.78 is 14.7. The predicted octanol–water partition coefficient (Wildman–Crippen LogP) is 5.91. The molecule has 5 rings (SSSR count). The van der Waals surface area contributed by atoms with Crippen LogP contribution in [0.15, 0.2) is 48.2 Å². The van der Waals surface area contributed by atoms with Crippen LogP contribution in [0.2, 0.25) is 5.02 Å². The number of benzene rings is 2. The number of hydrogen-bond acceptors (Lipinski definition) is 4. The largest absolute Gasteiger partial charge is 0.401 e. The summed E-state index contributed by atoms with van der Waals surface area (Å²) in [4.78, 5) is 2.62. The molecular weight excluding hydrogens is 435 g/mol. The Bertz CT molecular complexity index is 1100. The molecule has 0 radical (unpaired) electrons. The van der Waals surface area contributed by atoms with E-state index in [-0.39, 0.29) is 11.1 Å². The van der Waals surface area contributed by atoms with E-state index in [2.05, 4.69) is 39.8 Å². The Hall–Kier alpha value is -2.50. The van der Waals surface area contributed by atoms with E-state index < -0.39 is 5.82 Å². The fourth-order valence-electron chi connectivity index (χ4n) is 5.21. The van der Waals surface area contributed by atoms with Gasteiger partial charge in [0.05, 0.1) is 22.4 Å². The van der Waals surface area contributed by atoms with E-state index in [1.165, 1.54) is 30.4 Å². The van der Waals surface area contributed by atoms with Gasteiger partial charge in [-0.15, -0.1) is 0 Å². The van der Waals surface area contributed by atoms with Crippen LogP contribution >= 0.6 is 11.6 Å². The van der Waals surface area contributed by atoms with Crippen molar-refractivity contribution in [2.45, 2.75) is 51.1 Å². The van der Waals surface area contributed by atoms with Crippen molar-refractivity contribution in [2.24, 2.45) is 5.73 Å². The van der Waals surface area contributed by atoms with E-state index in [1.54, 1.807) is 18.2 Å². The second-order valence-corrected chi connectivity index (χ2v) is 9.84. The Balaban J connectivity index is 1.49. The van der Waals surface area contributed by atoms with Crippen LogP contribution in [0.1, 0.15) is 61.8 Å². The van der Waals surface area contributed by atoms with E-state index in [4.69, 9.17) is 17.3 Å². The first-order valence-corrected chi connectivity index (χ1v) is 12.4. The number of rotatable bonds is 4. The van der Waals surface area contributed by atoms with Gasteiger partial charge in [-0.05, 0) is 67.5 Å². The topological polar surface area (TPSA) is 53.3 Å². The molecule has 1 fully saturated rings. The Morgan fingerprint density at radius 3 is 2.76 bits per heavy atom. The number of nitrogens with one attached hydrogen (secondary N) is 2. The molecule has 0 saturated heterocycles. The standard InChI is InChI=1S/C27H32ClFN4/c1-17(30)27-21-9-8-19(18-11-14-33(15-12-18)20-4-2-5-20)16-22(21)24(10-13-31-27)32-25-7-3-6-23(28)26(25)29/h3,6-9,11,16,20,24,31-32H,2,4-5,10,12-15,30H2,1H3/b27-17-. The van der Waals surface area contributed by atoms with E-state index in [0.717, 1.165) is 61.0 Å². The van der Waals surface area contributed by atoms with Gasteiger partial charge in [0.25, 0.3) is 0 Å². The van der Waals surface area contributed by atoms with Gasteiger partial charge in [0.2, 0.25) is 0 Å². The lowest BCUT2D eigenvalue weighted by molar-refractivity contribution is 0.141. The van der Waals surface area contributed by atoms with E-state index >= 15 is 0 Å². The Kier molecular flexibility index (Phi) is 6.35. The van der Waals surface area contributed by atoms with Crippen LogP contribution in [0, 0.1) is 5.82 Å². The molecule has 1 unspecified atom stereocenters. The molecule has 33 heavy (non-hydrogen) atoms. The highest BCUT2D eigenvalue weighted by Gasteiger charge is 2.27. The molecule has 1 atom stereocenters. The maximum absolute atomic E-state index is 14.7. The molecule has 2 aromatic carbocycles. The first-order valence-electron chi connectivity index (χ1n) is 12.0. The van der Waals surface area contributed by atoms with E-state index in [0.29, 0.717) is 5.69 Å². The molecule has 4 N–H and O–H groups in total. The van der Waals surface area contributed by atoms with Crippen LogP contribution in [0.5, 0.6) is 0 Å². The van der Waals surface area contributed by atoms with Crippen molar-refractivity contribution < 1.29 is 4.39 Å². The lowest BCUT2D eigenvalue weighted by Crippen LogP contribution is -2.42. The summed E-state index contributed by atoms with van der Waals surface area (Å²) in [6.07, 6.45) is 8.31. The van der Waals surface area contributed by atoms with Gasteiger partial charge in [-0.1, -0.05) is 42.3 Å². The van der Waals surface area contributed by atoms with Gasteiger partial charge in [0, 0.05) is 36.9 Å². The first-order chi connectivity index (χ1) is 16.0. The number of fused-ring (bicyclic) bond motifs is 1. The highest BCUT2D eigenvalue weighted by molar-refractivity contribution is 6.31. The normalized spacial score (nSPS) is 23.0. The van der Waals surface area contributed by atoms with Crippen LogP contribution < -0.4 is 16.4 Å². The zero-order chi connectivity index (χ0) is 22.9. The second kappa shape index (κ2) is 9.40. The van der Waals surface area contributed by atoms with Gasteiger partial charge in [-0.2, -0.15) is 0 Å². The molecular formula is C27H32ClFN4. The van der Waals surface area contributed by atoms with Gasteiger partial charge in [0.15, 0.2) is 5.82 Å². The zero-order valence-corrected chi connectivity index (χ0v) is 19.9. The maximum Gasteiger partial charge on any atom is 0.164 e. The maximum atomic E-state index is 14.7. The third-order valence-electron chi connectivity index (χ3n) is 7.31.